The predicted octanol–water partition coefficient (Wildman–Crippen LogP) is 4.90. The number of halogens is 2. The molecule has 2 aromatic carbocycles. The van der Waals surface area contributed by atoms with Gasteiger partial charge in [0, 0.05) is 28.0 Å². The third-order valence-corrected chi connectivity index (χ3v) is 5.34. The maximum absolute atomic E-state index is 12.8. The molecule has 0 aliphatic carbocycles. The van der Waals surface area contributed by atoms with E-state index in [1.807, 2.05) is 42.5 Å². The van der Waals surface area contributed by atoms with Crippen molar-refractivity contribution in [3.8, 4) is 5.75 Å². The Balaban J connectivity index is 1.67. The first-order valence-electron chi connectivity index (χ1n) is 7.90. The summed E-state index contributed by atoms with van der Waals surface area (Å²) in [6.07, 6.45) is 2.24. The number of carbonyl (C=O) groups excluding carboxylic acids is 1. The van der Waals surface area contributed by atoms with E-state index in [1.54, 1.807) is 0 Å². The van der Waals surface area contributed by atoms with Gasteiger partial charge in [0.2, 0.25) is 0 Å². The van der Waals surface area contributed by atoms with Gasteiger partial charge in [-0.25, -0.2) is 0 Å². The van der Waals surface area contributed by atoms with Crippen molar-refractivity contribution < 1.29 is 9.53 Å². The van der Waals surface area contributed by atoms with E-state index in [0.29, 0.717) is 23.6 Å². The molecule has 126 valence electrons. The fourth-order valence-corrected chi connectivity index (χ4v) is 3.80. The normalized spacial score (nSPS) is 16.2. The number of ether oxygens (including phenoxy) is 1. The SMILES string of the molecule is O=C(NC1CCOc2ccccc21)c1cnc2c(Br)cccc2c1Cl. The third kappa shape index (κ3) is 2.98. The molecule has 1 N–H and O–H groups in total. The van der Waals surface area contributed by atoms with Gasteiger partial charge in [-0.15, -0.1) is 0 Å². The largest absolute Gasteiger partial charge is 0.493 e. The molecule has 4 rings (SSSR count). The second-order valence-corrected chi connectivity index (χ2v) is 7.06. The van der Waals surface area contributed by atoms with E-state index in [0.717, 1.165) is 26.7 Å². The molecule has 25 heavy (non-hydrogen) atoms. The molecular weight excluding hydrogens is 404 g/mol. The van der Waals surface area contributed by atoms with Crippen LogP contribution in [0.5, 0.6) is 5.75 Å². The Bertz CT molecular complexity index is 977. The zero-order valence-corrected chi connectivity index (χ0v) is 15.5. The number of aromatic nitrogens is 1. The molecule has 1 aliphatic heterocycles. The molecule has 4 nitrogen and oxygen atoms in total. The van der Waals surface area contributed by atoms with Crippen LogP contribution in [0.4, 0.5) is 0 Å². The molecule has 0 radical (unpaired) electrons. The minimum atomic E-state index is -0.235. The molecule has 0 saturated heterocycles. The summed E-state index contributed by atoms with van der Waals surface area (Å²) in [5, 5.41) is 4.21. The number of fused-ring (bicyclic) bond motifs is 2. The van der Waals surface area contributed by atoms with E-state index in [9.17, 15) is 4.79 Å². The second-order valence-electron chi connectivity index (χ2n) is 5.82. The lowest BCUT2D eigenvalue weighted by Gasteiger charge is -2.26. The first-order chi connectivity index (χ1) is 12.1. The van der Waals surface area contributed by atoms with E-state index in [2.05, 4.69) is 26.2 Å². The Kier molecular flexibility index (Phi) is 4.36. The maximum atomic E-state index is 12.8. The molecule has 1 unspecified atom stereocenters. The summed E-state index contributed by atoms with van der Waals surface area (Å²) in [5.74, 6) is 0.576. The van der Waals surface area contributed by atoms with Gasteiger partial charge in [-0.2, -0.15) is 0 Å². The number of carbonyl (C=O) groups is 1. The second kappa shape index (κ2) is 6.65. The molecule has 0 fully saturated rings. The van der Waals surface area contributed by atoms with Crippen LogP contribution in [0.15, 0.2) is 53.1 Å². The van der Waals surface area contributed by atoms with Crippen LogP contribution >= 0.6 is 27.5 Å². The average molecular weight is 418 g/mol. The number of benzene rings is 2. The summed E-state index contributed by atoms with van der Waals surface area (Å²) in [6.45, 7) is 0.568. The third-order valence-electron chi connectivity index (χ3n) is 4.29. The summed E-state index contributed by atoms with van der Waals surface area (Å²) in [6, 6.07) is 13.3. The fourth-order valence-electron chi connectivity index (χ4n) is 3.04. The molecule has 6 heteroatoms. The maximum Gasteiger partial charge on any atom is 0.254 e. The van der Waals surface area contributed by atoms with Crippen molar-refractivity contribution >= 4 is 44.3 Å². The molecular formula is C19H14BrClN2O2. The van der Waals surface area contributed by atoms with Gasteiger partial charge in [-0.05, 0) is 28.1 Å². The number of pyridine rings is 1. The van der Waals surface area contributed by atoms with Crippen LogP contribution in [-0.4, -0.2) is 17.5 Å². The fraction of sp³-hybridized carbons (Fsp3) is 0.158. The minimum Gasteiger partial charge on any atom is -0.493 e. The lowest BCUT2D eigenvalue weighted by atomic mass is 10.00. The number of hydrogen-bond acceptors (Lipinski definition) is 3. The number of nitrogens with one attached hydrogen (secondary N) is 1. The Morgan fingerprint density at radius 1 is 1.24 bits per heavy atom. The van der Waals surface area contributed by atoms with Crippen molar-refractivity contribution in [3.63, 3.8) is 0 Å². The van der Waals surface area contributed by atoms with Gasteiger partial charge in [0.15, 0.2) is 0 Å². The van der Waals surface area contributed by atoms with Crippen LogP contribution in [0.2, 0.25) is 5.02 Å². The van der Waals surface area contributed by atoms with Crippen LogP contribution in [0.3, 0.4) is 0 Å². The summed E-state index contributed by atoms with van der Waals surface area (Å²) >= 11 is 9.93. The molecule has 1 aliphatic rings. The smallest absolute Gasteiger partial charge is 0.254 e. The molecule has 0 spiro atoms. The van der Waals surface area contributed by atoms with Gasteiger partial charge in [0.05, 0.1) is 28.8 Å². The van der Waals surface area contributed by atoms with Crippen molar-refractivity contribution in [1.82, 2.24) is 10.3 Å². The first kappa shape index (κ1) is 16.4. The van der Waals surface area contributed by atoms with Gasteiger partial charge in [0.1, 0.15) is 5.75 Å². The molecule has 0 bridgehead atoms. The summed E-state index contributed by atoms with van der Waals surface area (Å²) < 4.78 is 6.49. The Hall–Kier alpha value is -2.11. The summed E-state index contributed by atoms with van der Waals surface area (Å²) in [4.78, 5) is 17.2. The monoisotopic (exact) mass is 416 g/mol. The standard InChI is InChI=1S/C19H14BrClN2O2/c20-14-6-3-5-12-17(21)13(10-22-18(12)14)19(24)23-15-8-9-25-16-7-2-1-4-11(15)16/h1-7,10,15H,8-9H2,(H,23,24). The molecule has 1 aromatic heterocycles. The summed E-state index contributed by atoms with van der Waals surface area (Å²) in [7, 11) is 0. The highest BCUT2D eigenvalue weighted by molar-refractivity contribution is 9.10. The van der Waals surface area contributed by atoms with Crippen LogP contribution in [-0.2, 0) is 0 Å². The molecule has 1 atom stereocenters. The van der Waals surface area contributed by atoms with Gasteiger partial charge >= 0.3 is 0 Å². The molecule has 3 aromatic rings. The number of nitrogens with zero attached hydrogens (tertiary/aromatic N) is 1. The summed E-state index contributed by atoms with van der Waals surface area (Å²) in [5.41, 5.74) is 2.09. The highest BCUT2D eigenvalue weighted by Crippen LogP contribution is 2.33. The topological polar surface area (TPSA) is 51.2 Å². The van der Waals surface area contributed by atoms with E-state index < -0.39 is 0 Å². The van der Waals surface area contributed by atoms with Crippen LogP contribution < -0.4 is 10.1 Å². The van der Waals surface area contributed by atoms with E-state index in [1.165, 1.54) is 6.20 Å². The van der Waals surface area contributed by atoms with Crippen LogP contribution in [0, 0.1) is 0 Å². The van der Waals surface area contributed by atoms with Gasteiger partial charge in [-0.1, -0.05) is 41.9 Å². The Labute approximate surface area is 158 Å². The van der Waals surface area contributed by atoms with Gasteiger partial charge in [0.25, 0.3) is 5.91 Å². The van der Waals surface area contributed by atoms with Crippen molar-refractivity contribution in [2.75, 3.05) is 6.61 Å². The highest BCUT2D eigenvalue weighted by Gasteiger charge is 2.24. The highest BCUT2D eigenvalue weighted by atomic mass is 79.9. The van der Waals surface area contributed by atoms with E-state index in [4.69, 9.17) is 16.3 Å². The molecule has 0 saturated carbocycles. The number of rotatable bonds is 2. The Morgan fingerprint density at radius 2 is 2.08 bits per heavy atom. The van der Waals surface area contributed by atoms with Crippen molar-refractivity contribution in [1.29, 1.82) is 0 Å². The molecule has 1 amide bonds. The zero-order valence-electron chi connectivity index (χ0n) is 13.1. The quantitative estimate of drug-likeness (QED) is 0.645. The number of hydrogen-bond donors (Lipinski definition) is 1. The lowest BCUT2D eigenvalue weighted by Crippen LogP contribution is -2.32. The van der Waals surface area contributed by atoms with Crippen molar-refractivity contribution in [2.24, 2.45) is 0 Å². The molecule has 2 heterocycles. The lowest BCUT2D eigenvalue weighted by molar-refractivity contribution is 0.0925. The first-order valence-corrected chi connectivity index (χ1v) is 9.07. The number of amides is 1. The van der Waals surface area contributed by atoms with Gasteiger partial charge < -0.3 is 10.1 Å². The number of para-hydroxylation sites is 2. The van der Waals surface area contributed by atoms with Gasteiger partial charge in [-0.3, -0.25) is 9.78 Å². The zero-order chi connectivity index (χ0) is 17.4. The predicted molar refractivity (Wildman–Crippen MR) is 101 cm³/mol. The Morgan fingerprint density at radius 3 is 2.96 bits per heavy atom. The van der Waals surface area contributed by atoms with E-state index >= 15 is 0 Å². The average Bonchev–Trinajstić information content (AvgIpc) is 2.63. The van der Waals surface area contributed by atoms with Crippen molar-refractivity contribution in [3.05, 3.63) is 69.3 Å². The van der Waals surface area contributed by atoms with Crippen molar-refractivity contribution in [2.45, 2.75) is 12.5 Å². The van der Waals surface area contributed by atoms with Crippen LogP contribution in [0.25, 0.3) is 10.9 Å². The van der Waals surface area contributed by atoms with Crippen LogP contribution in [0.1, 0.15) is 28.4 Å². The van der Waals surface area contributed by atoms with E-state index in [-0.39, 0.29) is 11.9 Å². The minimum absolute atomic E-state index is 0.105.